The number of ketones is 1. The first kappa shape index (κ1) is 10.4. The third kappa shape index (κ3) is 2.37. The highest BCUT2D eigenvalue weighted by Crippen LogP contribution is 2.17. The van der Waals surface area contributed by atoms with E-state index in [9.17, 15) is 9.90 Å². The maximum absolute atomic E-state index is 11.4. The molecule has 0 heterocycles. The molecular formula is C9H10BrNO2. The molecule has 1 rings (SSSR count). The second kappa shape index (κ2) is 4.50. The smallest absolute Gasteiger partial charge is 0.193 e. The number of benzene rings is 1. The van der Waals surface area contributed by atoms with Gasteiger partial charge in [-0.3, -0.25) is 4.79 Å². The molecule has 70 valence electrons. The summed E-state index contributed by atoms with van der Waals surface area (Å²) in [7, 11) is 0. The minimum Gasteiger partial charge on any atom is -0.384 e. The summed E-state index contributed by atoms with van der Waals surface area (Å²) in [6.07, 6.45) is -1.11. The first-order valence-corrected chi connectivity index (χ1v) is 4.63. The van der Waals surface area contributed by atoms with Gasteiger partial charge < -0.3 is 10.8 Å². The fourth-order valence-corrected chi connectivity index (χ4v) is 1.43. The number of nitrogens with two attached hydrogens (primary N) is 1. The van der Waals surface area contributed by atoms with Crippen LogP contribution in [-0.2, 0) is 0 Å². The van der Waals surface area contributed by atoms with E-state index in [4.69, 9.17) is 5.73 Å². The maximum Gasteiger partial charge on any atom is 0.193 e. The highest BCUT2D eigenvalue weighted by molar-refractivity contribution is 9.10. The molecule has 4 heteroatoms. The number of halogens is 1. The zero-order valence-corrected chi connectivity index (χ0v) is 8.49. The Morgan fingerprint density at radius 2 is 2.15 bits per heavy atom. The van der Waals surface area contributed by atoms with Crippen molar-refractivity contribution in [2.24, 2.45) is 5.73 Å². The number of hydrogen-bond acceptors (Lipinski definition) is 3. The van der Waals surface area contributed by atoms with E-state index in [1.807, 2.05) is 0 Å². The maximum atomic E-state index is 11.4. The molecule has 0 aliphatic heterocycles. The van der Waals surface area contributed by atoms with E-state index in [2.05, 4.69) is 15.9 Å². The molecule has 1 atom stereocenters. The molecular weight excluding hydrogens is 234 g/mol. The summed E-state index contributed by atoms with van der Waals surface area (Å²) in [6, 6.07) is 6.93. The van der Waals surface area contributed by atoms with Crippen molar-refractivity contribution >= 4 is 21.7 Å². The summed E-state index contributed by atoms with van der Waals surface area (Å²) in [6.45, 7) is -0.0554. The van der Waals surface area contributed by atoms with Gasteiger partial charge in [-0.25, -0.2) is 0 Å². The van der Waals surface area contributed by atoms with E-state index in [1.54, 1.807) is 24.3 Å². The number of aliphatic hydroxyl groups excluding tert-OH is 1. The first-order valence-electron chi connectivity index (χ1n) is 3.83. The fraction of sp³-hybridized carbons (Fsp3) is 0.222. The molecule has 3 N–H and O–H groups in total. The minimum atomic E-state index is -1.11. The molecule has 0 spiro atoms. The SMILES string of the molecule is NCC(O)C(=O)c1ccccc1Br. The van der Waals surface area contributed by atoms with E-state index in [0.29, 0.717) is 10.0 Å². The molecule has 1 aromatic rings. The van der Waals surface area contributed by atoms with Gasteiger partial charge in [-0.2, -0.15) is 0 Å². The van der Waals surface area contributed by atoms with Crippen LogP contribution in [0.2, 0.25) is 0 Å². The molecule has 0 aliphatic carbocycles. The lowest BCUT2D eigenvalue weighted by Gasteiger charge is -2.07. The lowest BCUT2D eigenvalue weighted by molar-refractivity contribution is 0.0762. The molecule has 0 saturated carbocycles. The molecule has 0 radical (unpaired) electrons. The van der Waals surface area contributed by atoms with Crippen molar-refractivity contribution in [1.29, 1.82) is 0 Å². The molecule has 0 aromatic heterocycles. The van der Waals surface area contributed by atoms with Gasteiger partial charge in [0.25, 0.3) is 0 Å². The van der Waals surface area contributed by atoms with Crippen molar-refractivity contribution in [2.75, 3.05) is 6.54 Å². The summed E-state index contributed by atoms with van der Waals surface area (Å²) in [4.78, 5) is 11.4. The van der Waals surface area contributed by atoms with Crippen LogP contribution in [0.4, 0.5) is 0 Å². The van der Waals surface area contributed by atoms with E-state index in [1.165, 1.54) is 0 Å². The Morgan fingerprint density at radius 3 is 2.69 bits per heavy atom. The van der Waals surface area contributed by atoms with Crippen LogP contribution < -0.4 is 5.73 Å². The van der Waals surface area contributed by atoms with Gasteiger partial charge in [0.15, 0.2) is 5.78 Å². The predicted molar refractivity (Wildman–Crippen MR) is 53.5 cm³/mol. The molecule has 1 aromatic carbocycles. The van der Waals surface area contributed by atoms with Gasteiger partial charge in [-0.05, 0) is 6.07 Å². The lowest BCUT2D eigenvalue weighted by atomic mass is 10.1. The molecule has 0 bridgehead atoms. The topological polar surface area (TPSA) is 63.3 Å². The van der Waals surface area contributed by atoms with Crippen molar-refractivity contribution in [3.8, 4) is 0 Å². The zero-order chi connectivity index (χ0) is 9.84. The van der Waals surface area contributed by atoms with Gasteiger partial charge in [0, 0.05) is 16.6 Å². The van der Waals surface area contributed by atoms with Gasteiger partial charge in [0.1, 0.15) is 6.10 Å². The number of carbonyl (C=O) groups excluding carboxylic acids is 1. The summed E-state index contributed by atoms with van der Waals surface area (Å²) in [5.74, 6) is -0.352. The van der Waals surface area contributed by atoms with E-state index >= 15 is 0 Å². The second-order valence-electron chi connectivity index (χ2n) is 2.60. The van der Waals surface area contributed by atoms with Crippen LogP contribution in [0, 0.1) is 0 Å². The lowest BCUT2D eigenvalue weighted by Crippen LogP contribution is -2.29. The van der Waals surface area contributed by atoms with Gasteiger partial charge in [-0.1, -0.05) is 34.1 Å². The Hall–Kier alpha value is -0.710. The van der Waals surface area contributed by atoms with Crippen molar-refractivity contribution in [1.82, 2.24) is 0 Å². The number of Topliss-reactive ketones (excluding diaryl/α,β-unsaturated/α-hetero) is 1. The molecule has 0 amide bonds. The van der Waals surface area contributed by atoms with Crippen LogP contribution in [0.5, 0.6) is 0 Å². The van der Waals surface area contributed by atoms with Crippen molar-refractivity contribution in [2.45, 2.75) is 6.10 Å². The standard InChI is InChI=1S/C9H10BrNO2/c10-7-4-2-1-3-6(7)9(13)8(12)5-11/h1-4,8,12H,5,11H2. The quantitative estimate of drug-likeness (QED) is 0.778. The van der Waals surface area contributed by atoms with E-state index in [-0.39, 0.29) is 12.3 Å². The minimum absolute atomic E-state index is 0.0554. The number of aliphatic hydroxyl groups is 1. The molecule has 13 heavy (non-hydrogen) atoms. The van der Waals surface area contributed by atoms with Crippen LogP contribution in [0.25, 0.3) is 0 Å². The molecule has 1 unspecified atom stereocenters. The molecule has 0 fully saturated rings. The predicted octanol–water partition coefficient (Wildman–Crippen LogP) is 0.951. The van der Waals surface area contributed by atoms with Gasteiger partial charge >= 0.3 is 0 Å². The Kier molecular flexibility index (Phi) is 3.59. The van der Waals surface area contributed by atoms with Crippen molar-refractivity contribution in [3.63, 3.8) is 0 Å². The number of rotatable bonds is 3. The monoisotopic (exact) mass is 243 g/mol. The number of hydrogen-bond donors (Lipinski definition) is 2. The molecule has 3 nitrogen and oxygen atoms in total. The first-order chi connectivity index (χ1) is 6.16. The summed E-state index contributed by atoms with van der Waals surface area (Å²) >= 11 is 3.22. The molecule has 0 saturated heterocycles. The van der Waals surface area contributed by atoms with Gasteiger partial charge in [-0.15, -0.1) is 0 Å². The second-order valence-corrected chi connectivity index (χ2v) is 3.45. The van der Waals surface area contributed by atoms with Crippen LogP contribution >= 0.6 is 15.9 Å². The Morgan fingerprint density at radius 1 is 1.54 bits per heavy atom. The van der Waals surface area contributed by atoms with Gasteiger partial charge in [0.05, 0.1) is 0 Å². The number of carbonyl (C=O) groups is 1. The highest BCUT2D eigenvalue weighted by Gasteiger charge is 2.16. The average Bonchev–Trinajstić information content (AvgIpc) is 2.16. The van der Waals surface area contributed by atoms with E-state index < -0.39 is 6.10 Å². The summed E-state index contributed by atoms with van der Waals surface area (Å²) < 4.78 is 0.674. The van der Waals surface area contributed by atoms with Gasteiger partial charge in [0.2, 0.25) is 0 Å². The van der Waals surface area contributed by atoms with Crippen LogP contribution in [0.1, 0.15) is 10.4 Å². The molecule has 0 aliphatic rings. The van der Waals surface area contributed by atoms with E-state index in [0.717, 1.165) is 0 Å². The Balaban J connectivity index is 2.95. The zero-order valence-electron chi connectivity index (χ0n) is 6.90. The Bertz CT molecular complexity index is 314. The average molecular weight is 244 g/mol. The van der Waals surface area contributed by atoms with Crippen LogP contribution in [-0.4, -0.2) is 23.5 Å². The normalized spacial score (nSPS) is 12.5. The fourth-order valence-electron chi connectivity index (χ4n) is 0.948. The third-order valence-corrected chi connectivity index (χ3v) is 2.36. The van der Waals surface area contributed by atoms with Crippen molar-refractivity contribution < 1.29 is 9.90 Å². The Labute approximate surface area is 84.7 Å². The highest BCUT2D eigenvalue weighted by atomic mass is 79.9. The van der Waals surface area contributed by atoms with Crippen molar-refractivity contribution in [3.05, 3.63) is 34.3 Å². The summed E-state index contributed by atoms with van der Waals surface area (Å²) in [5.41, 5.74) is 5.63. The third-order valence-electron chi connectivity index (χ3n) is 1.67. The van der Waals surface area contributed by atoms with Crippen LogP contribution in [0.3, 0.4) is 0 Å². The largest absolute Gasteiger partial charge is 0.384 e. The summed E-state index contributed by atoms with van der Waals surface area (Å²) in [5, 5.41) is 9.21. The van der Waals surface area contributed by atoms with Crippen LogP contribution in [0.15, 0.2) is 28.7 Å².